The van der Waals surface area contributed by atoms with Crippen molar-refractivity contribution < 1.29 is 9.18 Å². The quantitative estimate of drug-likeness (QED) is 0.861. The molecule has 2 aromatic carbocycles. The van der Waals surface area contributed by atoms with Crippen LogP contribution in [0.5, 0.6) is 0 Å². The van der Waals surface area contributed by atoms with E-state index in [2.05, 4.69) is 5.32 Å². The molecule has 0 unspecified atom stereocenters. The average molecular weight is 244 g/mol. The number of amides is 2. The Morgan fingerprint density at radius 2 is 1.67 bits per heavy atom. The molecule has 0 bridgehead atoms. The van der Waals surface area contributed by atoms with E-state index in [-0.39, 0.29) is 11.8 Å². The van der Waals surface area contributed by atoms with Crippen LogP contribution in [-0.2, 0) is 0 Å². The molecule has 0 fully saturated rings. The molecule has 2 aromatic rings. The van der Waals surface area contributed by atoms with Gasteiger partial charge in [0.2, 0.25) is 0 Å². The van der Waals surface area contributed by atoms with E-state index in [1.54, 1.807) is 31.3 Å². The molecule has 0 saturated carbocycles. The zero-order chi connectivity index (χ0) is 13.0. The Bertz CT molecular complexity index is 525. The number of urea groups is 1. The van der Waals surface area contributed by atoms with Gasteiger partial charge in [0.25, 0.3) is 0 Å². The van der Waals surface area contributed by atoms with Gasteiger partial charge in [-0.25, -0.2) is 9.18 Å². The molecule has 0 aliphatic rings. The fourth-order valence-corrected chi connectivity index (χ4v) is 1.51. The first kappa shape index (κ1) is 12.1. The second-order valence-electron chi connectivity index (χ2n) is 3.83. The minimum atomic E-state index is -0.324. The molecule has 2 rings (SSSR count). The van der Waals surface area contributed by atoms with E-state index in [1.807, 2.05) is 18.2 Å². The SMILES string of the molecule is CN(C(=O)Nc1ccccc1)c1ccc(F)cc1. The predicted molar refractivity (Wildman–Crippen MR) is 70.3 cm³/mol. The lowest BCUT2D eigenvalue weighted by atomic mass is 10.3. The Morgan fingerprint density at radius 3 is 2.28 bits per heavy atom. The predicted octanol–water partition coefficient (Wildman–Crippen LogP) is 3.49. The molecule has 1 N–H and O–H groups in total. The van der Waals surface area contributed by atoms with E-state index in [0.29, 0.717) is 5.69 Å². The molecule has 0 heterocycles. The molecule has 3 nitrogen and oxygen atoms in total. The summed E-state index contributed by atoms with van der Waals surface area (Å²) >= 11 is 0. The lowest BCUT2D eigenvalue weighted by molar-refractivity contribution is 0.258. The minimum Gasteiger partial charge on any atom is -0.308 e. The Hall–Kier alpha value is -2.36. The zero-order valence-electron chi connectivity index (χ0n) is 9.93. The second-order valence-corrected chi connectivity index (χ2v) is 3.83. The third-order valence-electron chi connectivity index (χ3n) is 2.54. The lowest BCUT2D eigenvalue weighted by Crippen LogP contribution is -2.31. The second kappa shape index (κ2) is 5.31. The summed E-state index contributed by atoms with van der Waals surface area (Å²) in [5, 5.41) is 2.75. The summed E-state index contributed by atoms with van der Waals surface area (Å²) in [6, 6.07) is 14.6. The van der Waals surface area contributed by atoms with Crippen LogP contribution in [0.4, 0.5) is 20.6 Å². The number of anilines is 2. The summed E-state index contributed by atoms with van der Waals surface area (Å²) in [4.78, 5) is 13.3. The van der Waals surface area contributed by atoms with Crippen LogP contribution in [0.2, 0.25) is 0 Å². The highest BCUT2D eigenvalue weighted by Crippen LogP contribution is 2.15. The number of rotatable bonds is 2. The van der Waals surface area contributed by atoms with E-state index in [0.717, 1.165) is 5.69 Å². The Labute approximate surface area is 105 Å². The summed E-state index contributed by atoms with van der Waals surface area (Å²) in [7, 11) is 1.63. The van der Waals surface area contributed by atoms with Crippen molar-refractivity contribution in [3.05, 3.63) is 60.4 Å². The fraction of sp³-hybridized carbons (Fsp3) is 0.0714. The van der Waals surface area contributed by atoms with Gasteiger partial charge in [0.15, 0.2) is 0 Å². The Morgan fingerprint density at radius 1 is 1.06 bits per heavy atom. The van der Waals surface area contributed by atoms with Gasteiger partial charge in [-0.1, -0.05) is 18.2 Å². The van der Waals surface area contributed by atoms with Crippen LogP contribution >= 0.6 is 0 Å². The number of hydrogen-bond donors (Lipinski definition) is 1. The Balaban J connectivity index is 2.07. The highest BCUT2D eigenvalue weighted by molar-refractivity contribution is 6.01. The highest BCUT2D eigenvalue weighted by atomic mass is 19.1. The van der Waals surface area contributed by atoms with Crippen LogP contribution in [0.1, 0.15) is 0 Å². The molecule has 0 aliphatic heterocycles. The first-order chi connectivity index (χ1) is 8.66. The normalized spacial score (nSPS) is 9.89. The van der Waals surface area contributed by atoms with Crippen molar-refractivity contribution in [3.8, 4) is 0 Å². The van der Waals surface area contributed by atoms with Crippen molar-refractivity contribution in [1.29, 1.82) is 0 Å². The van der Waals surface area contributed by atoms with Gasteiger partial charge in [0.05, 0.1) is 0 Å². The van der Waals surface area contributed by atoms with Crippen LogP contribution in [0, 0.1) is 5.82 Å². The van der Waals surface area contributed by atoms with Crippen molar-refractivity contribution >= 4 is 17.4 Å². The number of nitrogens with one attached hydrogen (secondary N) is 1. The van der Waals surface area contributed by atoms with E-state index in [4.69, 9.17) is 0 Å². The van der Waals surface area contributed by atoms with Gasteiger partial charge in [-0.05, 0) is 36.4 Å². The van der Waals surface area contributed by atoms with E-state index in [1.165, 1.54) is 17.0 Å². The third kappa shape index (κ3) is 2.85. The molecule has 0 aromatic heterocycles. The number of carbonyl (C=O) groups is 1. The number of para-hydroxylation sites is 1. The summed E-state index contributed by atoms with van der Waals surface area (Å²) in [6.45, 7) is 0. The van der Waals surface area contributed by atoms with E-state index in [9.17, 15) is 9.18 Å². The van der Waals surface area contributed by atoms with Crippen LogP contribution < -0.4 is 10.2 Å². The van der Waals surface area contributed by atoms with E-state index < -0.39 is 0 Å². The Kier molecular flexibility index (Phi) is 3.57. The largest absolute Gasteiger partial charge is 0.326 e. The molecule has 4 heteroatoms. The zero-order valence-corrected chi connectivity index (χ0v) is 9.93. The molecular formula is C14H13FN2O. The number of halogens is 1. The van der Waals surface area contributed by atoms with Gasteiger partial charge in [-0.3, -0.25) is 4.90 Å². The molecular weight excluding hydrogens is 231 g/mol. The number of hydrogen-bond acceptors (Lipinski definition) is 1. The third-order valence-corrected chi connectivity index (χ3v) is 2.54. The van der Waals surface area contributed by atoms with Gasteiger partial charge in [-0.2, -0.15) is 0 Å². The first-order valence-electron chi connectivity index (χ1n) is 5.52. The van der Waals surface area contributed by atoms with Crippen molar-refractivity contribution in [3.63, 3.8) is 0 Å². The number of benzene rings is 2. The van der Waals surface area contributed by atoms with Gasteiger partial charge < -0.3 is 5.32 Å². The molecule has 2 amide bonds. The van der Waals surface area contributed by atoms with Crippen molar-refractivity contribution in [2.75, 3.05) is 17.3 Å². The summed E-state index contributed by atoms with van der Waals surface area (Å²) in [5.41, 5.74) is 1.35. The summed E-state index contributed by atoms with van der Waals surface area (Å²) in [6.07, 6.45) is 0. The standard InChI is InChI=1S/C14H13FN2O/c1-17(13-9-7-11(15)8-10-13)14(18)16-12-5-3-2-4-6-12/h2-10H,1H3,(H,16,18). The maximum Gasteiger partial charge on any atom is 0.326 e. The molecule has 0 spiro atoms. The molecule has 0 atom stereocenters. The molecule has 0 aliphatic carbocycles. The average Bonchev–Trinajstić information content (AvgIpc) is 2.40. The number of carbonyl (C=O) groups excluding carboxylic acids is 1. The highest BCUT2D eigenvalue weighted by Gasteiger charge is 2.10. The van der Waals surface area contributed by atoms with Crippen molar-refractivity contribution in [1.82, 2.24) is 0 Å². The van der Waals surface area contributed by atoms with Gasteiger partial charge in [0.1, 0.15) is 5.82 Å². The van der Waals surface area contributed by atoms with E-state index >= 15 is 0 Å². The summed E-state index contributed by atoms with van der Waals surface area (Å²) < 4.78 is 12.8. The lowest BCUT2D eigenvalue weighted by Gasteiger charge is -2.18. The topological polar surface area (TPSA) is 32.3 Å². The monoisotopic (exact) mass is 244 g/mol. The summed E-state index contributed by atoms with van der Waals surface area (Å²) in [5.74, 6) is -0.324. The van der Waals surface area contributed by atoms with Gasteiger partial charge >= 0.3 is 6.03 Å². The van der Waals surface area contributed by atoms with Crippen molar-refractivity contribution in [2.24, 2.45) is 0 Å². The molecule has 18 heavy (non-hydrogen) atoms. The molecule has 0 saturated heterocycles. The smallest absolute Gasteiger partial charge is 0.308 e. The van der Waals surface area contributed by atoms with Crippen molar-refractivity contribution in [2.45, 2.75) is 0 Å². The van der Waals surface area contributed by atoms with Crippen LogP contribution in [0.3, 0.4) is 0 Å². The van der Waals surface area contributed by atoms with Crippen LogP contribution in [0.15, 0.2) is 54.6 Å². The maximum absolute atomic E-state index is 12.8. The van der Waals surface area contributed by atoms with Gasteiger partial charge in [-0.15, -0.1) is 0 Å². The molecule has 92 valence electrons. The minimum absolute atomic E-state index is 0.271. The number of nitrogens with zero attached hydrogens (tertiary/aromatic N) is 1. The van der Waals surface area contributed by atoms with Crippen LogP contribution in [-0.4, -0.2) is 13.1 Å². The fourth-order valence-electron chi connectivity index (χ4n) is 1.51. The first-order valence-corrected chi connectivity index (χ1v) is 5.52. The van der Waals surface area contributed by atoms with Crippen LogP contribution in [0.25, 0.3) is 0 Å². The maximum atomic E-state index is 12.8. The molecule has 0 radical (unpaired) electrons. The van der Waals surface area contributed by atoms with Gasteiger partial charge in [0, 0.05) is 18.4 Å².